The van der Waals surface area contributed by atoms with Gasteiger partial charge in [0.15, 0.2) is 0 Å². The molecule has 0 spiro atoms. The highest BCUT2D eigenvalue weighted by molar-refractivity contribution is 6.30. The van der Waals surface area contributed by atoms with E-state index >= 15 is 0 Å². The fraction of sp³-hybridized carbons (Fsp3) is 0.643. The van der Waals surface area contributed by atoms with Gasteiger partial charge in [-0.15, -0.1) is 0 Å². The molecule has 0 aromatic carbocycles. The van der Waals surface area contributed by atoms with Crippen LogP contribution in [-0.2, 0) is 0 Å². The van der Waals surface area contributed by atoms with Crippen molar-refractivity contribution < 1.29 is 5.11 Å². The molecule has 1 aliphatic rings. The average Bonchev–Trinajstić information content (AvgIpc) is 2.55. The van der Waals surface area contributed by atoms with Crippen molar-refractivity contribution in [3.05, 3.63) is 23.4 Å². The SMILES string of the molecule is CC(O)CC1CCCCCN1c1ccc(Cl)cn1. The maximum absolute atomic E-state index is 9.64. The Balaban J connectivity index is 2.16. The lowest BCUT2D eigenvalue weighted by atomic mass is 10.0. The number of pyridine rings is 1. The number of nitrogens with zero attached hydrogens (tertiary/aromatic N) is 2. The lowest BCUT2D eigenvalue weighted by molar-refractivity contribution is 0.171. The predicted octanol–water partition coefficient (Wildman–Crippen LogP) is 3.25. The van der Waals surface area contributed by atoms with Gasteiger partial charge in [0.1, 0.15) is 5.82 Å². The summed E-state index contributed by atoms with van der Waals surface area (Å²) in [5, 5.41) is 10.3. The third-order valence-corrected chi connectivity index (χ3v) is 3.72. The summed E-state index contributed by atoms with van der Waals surface area (Å²) in [5.74, 6) is 0.979. The van der Waals surface area contributed by atoms with Gasteiger partial charge in [0.2, 0.25) is 0 Å². The lowest BCUT2D eigenvalue weighted by Crippen LogP contribution is -2.37. The van der Waals surface area contributed by atoms with E-state index in [1.54, 1.807) is 6.20 Å². The molecule has 1 fully saturated rings. The molecule has 4 heteroatoms. The number of aliphatic hydroxyl groups excluding tert-OH is 1. The molecule has 18 heavy (non-hydrogen) atoms. The number of aromatic nitrogens is 1. The van der Waals surface area contributed by atoms with E-state index in [1.807, 2.05) is 19.1 Å². The zero-order valence-corrected chi connectivity index (χ0v) is 11.6. The number of hydrogen-bond acceptors (Lipinski definition) is 3. The van der Waals surface area contributed by atoms with E-state index < -0.39 is 0 Å². The van der Waals surface area contributed by atoms with Crippen molar-refractivity contribution >= 4 is 17.4 Å². The Bertz CT molecular complexity index is 367. The zero-order chi connectivity index (χ0) is 13.0. The second-order valence-corrected chi connectivity index (χ2v) is 5.55. The Labute approximate surface area is 114 Å². The molecule has 0 saturated carbocycles. The Morgan fingerprint density at radius 1 is 1.44 bits per heavy atom. The highest BCUT2D eigenvalue weighted by Crippen LogP contribution is 2.25. The minimum atomic E-state index is -0.261. The number of halogens is 1. The molecule has 3 nitrogen and oxygen atoms in total. The van der Waals surface area contributed by atoms with Crippen LogP contribution in [0.15, 0.2) is 18.3 Å². The molecule has 0 radical (unpaired) electrons. The number of hydrogen-bond donors (Lipinski definition) is 1. The van der Waals surface area contributed by atoms with Crippen LogP contribution in [0.4, 0.5) is 5.82 Å². The average molecular weight is 269 g/mol. The predicted molar refractivity (Wildman–Crippen MR) is 75.1 cm³/mol. The summed E-state index contributed by atoms with van der Waals surface area (Å²) in [6.45, 7) is 2.88. The van der Waals surface area contributed by atoms with Gasteiger partial charge in [-0.1, -0.05) is 24.4 Å². The van der Waals surface area contributed by atoms with Crippen molar-refractivity contribution in [2.75, 3.05) is 11.4 Å². The smallest absolute Gasteiger partial charge is 0.128 e. The zero-order valence-electron chi connectivity index (χ0n) is 10.8. The van der Waals surface area contributed by atoms with Gasteiger partial charge in [-0.3, -0.25) is 0 Å². The number of rotatable bonds is 3. The summed E-state index contributed by atoms with van der Waals surface area (Å²) in [7, 11) is 0. The van der Waals surface area contributed by atoms with Crippen molar-refractivity contribution in [3.8, 4) is 0 Å². The van der Waals surface area contributed by atoms with Gasteiger partial charge in [-0.25, -0.2) is 4.98 Å². The highest BCUT2D eigenvalue weighted by atomic mass is 35.5. The molecule has 0 aliphatic carbocycles. The second-order valence-electron chi connectivity index (χ2n) is 5.12. The minimum Gasteiger partial charge on any atom is -0.393 e. The van der Waals surface area contributed by atoms with Crippen LogP contribution in [0.5, 0.6) is 0 Å². The van der Waals surface area contributed by atoms with Crippen molar-refractivity contribution in [3.63, 3.8) is 0 Å². The van der Waals surface area contributed by atoms with Crippen molar-refractivity contribution in [2.45, 2.75) is 51.2 Å². The van der Waals surface area contributed by atoms with Gasteiger partial charge in [0, 0.05) is 18.8 Å². The van der Waals surface area contributed by atoms with E-state index in [2.05, 4.69) is 9.88 Å². The third-order valence-electron chi connectivity index (χ3n) is 3.50. The fourth-order valence-corrected chi connectivity index (χ4v) is 2.77. The number of aliphatic hydroxyl groups is 1. The summed E-state index contributed by atoms with van der Waals surface area (Å²) in [6.07, 6.45) is 7.08. The summed E-state index contributed by atoms with van der Waals surface area (Å²) >= 11 is 5.88. The van der Waals surface area contributed by atoms with Crippen LogP contribution in [0.3, 0.4) is 0 Å². The van der Waals surface area contributed by atoms with Crippen LogP contribution in [0.25, 0.3) is 0 Å². The van der Waals surface area contributed by atoms with Gasteiger partial charge >= 0.3 is 0 Å². The maximum Gasteiger partial charge on any atom is 0.128 e. The molecule has 1 aliphatic heterocycles. The monoisotopic (exact) mass is 268 g/mol. The summed E-state index contributed by atoms with van der Waals surface area (Å²) in [6, 6.07) is 4.25. The van der Waals surface area contributed by atoms with Crippen LogP contribution in [0.1, 0.15) is 39.0 Å². The van der Waals surface area contributed by atoms with E-state index in [0.717, 1.165) is 25.2 Å². The minimum absolute atomic E-state index is 0.261. The first-order valence-corrected chi connectivity index (χ1v) is 7.11. The topological polar surface area (TPSA) is 36.4 Å². The molecular weight excluding hydrogens is 248 g/mol. The molecule has 2 atom stereocenters. The normalized spacial score (nSPS) is 22.6. The standard InChI is InChI=1S/C14H21ClN2O/c1-11(18)9-13-5-3-2-4-8-17(13)14-7-6-12(15)10-16-14/h6-7,10-11,13,18H,2-5,8-9H2,1H3. The molecule has 100 valence electrons. The summed E-state index contributed by atoms with van der Waals surface area (Å²) in [5.41, 5.74) is 0. The maximum atomic E-state index is 9.64. The fourth-order valence-electron chi connectivity index (χ4n) is 2.66. The number of anilines is 1. The van der Waals surface area contributed by atoms with E-state index in [9.17, 15) is 5.11 Å². The van der Waals surface area contributed by atoms with E-state index in [4.69, 9.17) is 11.6 Å². The van der Waals surface area contributed by atoms with Crippen molar-refractivity contribution in [2.24, 2.45) is 0 Å². The Morgan fingerprint density at radius 2 is 2.28 bits per heavy atom. The molecular formula is C14H21ClN2O. The van der Waals surface area contributed by atoms with Gasteiger partial charge in [0.25, 0.3) is 0 Å². The van der Waals surface area contributed by atoms with Crippen LogP contribution < -0.4 is 4.90 Å². The molecule has 1 saturated heterocycles. The van der Waals surface area contributed by atoms with Gasteiger partial charge in [-0.2, -0.15) is 0 Å². The third kappa shape index (κ3) is 3.59. The highest BCUT2D eigenvalue weighted by Gasteiger charge is 2.23. The van der Waals surface area contributed by atoms with Gasteiger partial charge in [-0.05, 0) is 38.3 Å². The largest absolute Gasteiger partial charge is 0.393 e. The summed E-state index contributed by atoms with van der Waals surface area (Å²) in [4.78, 5) is 6.74. The van der Waals surface area contributed by atoms with Crippen molar-refractivity contribution in [1.82, 2.24) is 4.98 Å². The van der Waals surface area contributed by atoms with E-state index in [-0.39, 0.29) is 6.10 Å². The van der Waals surface area contributed by atoms with Gasteiger partial charge < -0.3 is 10.0 Å². The molecule has 0 amide bonds. The van der Waals surface area contributed by atoms with Crippen LogP contribution in [-0.4, -0.2) is 28.8 Å². The van der Waals surface area contributed by atoms with Gasteiger partial charge in [0.05, 0.1) is 11.1 Å². The molecule has 2 unspecified atom stereocenters. The summed E-state index contributed by atoms with van der Waals surface area (Å²) < 4.78 is 0. The first-order chi connectivity index (χ1) is 8.66. The Morgan fingerprint density at radius 3 is 2.94 bits per heavy atom. The Hall–Kier alpha value is -0.800. The van der Waals surface area contributed by atoms with E-state index in [1.165, 1.54) is 19.3 Å². The lowest BCUT2D eigenvalue weighted by Gasteiger charge is -2.32. The van der Waals surface area contributed by atoms with E-state index in [0.29, 0.717) is 11.1 Å². The van der Waals surface area contributed by atoms with Crippen molar-refractivity contribution in [1.29, 1.82) is 0 Å². The quantitative estimate of drug-likeness (QED) is 0.914. The Kier molecular flexibility index (Phi) is 4.84. The molecule has 2 heterocycles. The molecule has 1 aromatic rings. The molecule has 0 bridgehead atoms. The first-order valence-electron chi connectivity index (χ1n) is 6.73. The molecule has 1 N–H and O–H groups in total. The van der Waals surface area contributed by atoms with Crippen LogP contribution in [0, 0.1) is 0 Å². The molecule has 2 rings (SSSR count). The van der Waals surface area contributed by atoms with Crippen LogP contribution >= 0.6 is 11.6 Å². The van der Waals surface area contributed by atoms with Crippen LogP contribution in [0.2, 0.25) is 5.02 Å². The first kappa shape index (κ1) is 13.6. The second kappa shape index (κ2) is 6.39. The molecule has 1 aromatic heterocycles.